The van der Waals surface area contributed by atoms with Crippen molar-refractivity contribution in [2.45, 2.75) is 78.6 Å². The molecule has 0 aliphatic carbocycles. The van der Waals surface area contributed by atoms with Crippen molar-refractivity contribution >= 4 is 253 Å². The van der Waals surface area contributed by atoms with Gasteiger partial charge in [0.15, 0.2) is 0 Å². The van der Waals surface area contributed by atoms with Gasteiger partial charge in [0, 0.05) is 121 Å². The molecule has 0 N–H and O–H groups in total. The van der Waals surface area contributed by atoms with Crippen LogP contribution in [0.2, 0.25) is 0 Å². The van der Waals surface area contributed by atoms with Crippen molar-refractivity contribution in [1.29, 1.82) is 0 Å². The molecule has 8 nitrogen and oxygen atoms in total. The van der Waals surface area contributed by atoms with Crippen LogP contribution in [0.1, 0.15) is 79.0 Å². The molecule has 0 spiro atoms. The second kappa shape index (κ2) is 27.1. The largest absolute Gasteiger partial charge is 0.456 e. The van der Waals surface area contributed by atoms with Crippen molar-refractivity contribution in [2.75, 3.05) is 9.80 Å². The molecule has 23 aromatic carbocycles. The van der Waals surface area contributed by atoms with E-state index in [1.165, 1.54) is 141 Å². The lowest BCUT2D eigenvalue weighted by Crippen LogP contribution is -2.61. The molecule has 0 amide bonds. The number of aromatic nitrogens is 2. The van der Waals surface area contributed by atoms with Gasteiger partial charge in [-0.25, -0.2) is 0 Å². The van der Waals surface area contributed by atoms with Crippen LogP contribution in [0.5, 0.6) is 0 Å². The zero-order valence-corrected chi connectivity index (χ0v) is 78.1. The highest BCUT2D eigenvalue weighted by molar-refractivity contribution is 7.00. The Morgan fingerprint density at radius 2 is 0.475 bits per heavy atom. The molecule has 0 fully saturated rings. The second-order valence-corrected chi connectivity index (χ2v) is 42.5. The van der Waals surface area contributed by atoms with Crippen LogP contribution in [0.3, 0.4) is 0 Å². The maximum Gasteiger partial charge on any atom is 0.252 e. The number of anilines is 6. The quantitative estimate of drug-likeness (QED) is 0.0858. The smallest absolute Gasteiger partial charge is 0.252 e. The van der Waals surface area contributed by atoms with E-state index in [1.54, 1.807) is 0 Å². The van der Waals surface area contributed by atoms with Crippen molar-refractivity contribution in [2.24, 2.45) is 0 Å². The summed E-state index contributed by atoms with van der Waals surface area (Å²) in [5.41, 5.74) is 34.4. The van der Waals surface area contributed by atoms with Crippen LogP contribution in [-0.2, 0) is 16.2 Å². The highest BCUT2D eigenvalue weighted by atomic mass is 16.3. The number of benzene rings is 23. The molecule has 9 heteroatoms. The van der Waals surface area contributed by atoms with Crippen LogP contribution in [0.4, 0.5) is 34.1 Å². The van der Waals surface area contributed by atoms with E-state index < -0.39 is 12.1 Å². The number of hydrogen-bond acceptors (Lipinski definition) is 6. The van der Waals surface area contributed by atoms with E-state index in [0.29, 0.717) is 0 Å². The summed E-state index contributed by atoms with van der Waals surface area (Å²) in [6, 6.07) is 139. The minimum absolute atomic E-state index is 0.354. The van der Waals surface area contributed by atoms with Crippen LogP contribution < -0.4 is 26.2 Å². The van der Waals surface area contributed by atoms with Crippen molar-refractivity contribution in [3.63, 3.8) is 0 Å². The van der Waals surface area contributed by atoms with Gasteiger partial charge in [-0.2, -0.15) is 0 Å². The van der Waals surface area contributed by atoms with Gasteiger partial charge in [-0.3, -0.25) is 0 Å². The molecule has 29 aromatic rings. The Bertz CT molecular complexity index is 9420. The Morgan fingerprint density at radius 3 is 0.763 bits per heavy atom. The van der Waals surface area contributed by atoms with E-state index in [1.807, 2.05) is 0 Å². The normalized spacial score (nSPS) is 13.5. The molecule has 2 aliphatic heterocycles. The van der Waals surface area contributed by atoms with Crippen LogP contribution >= 0.6 is 0 Å². The van der Waals surface area contributed by atoms with Crippen molar-refractivity contribution < 1.29 is 17.7 Å². The monoisotopic (exact) mass is 1780 g/mol. The average molecular weight is 1780 g/mol. The fourth-order valence-electron chi connectivity index (χ4n) is 25.2. The molecule has 139 heavy (non-hydrogen) atoms. The first-order valence-corrected chi connectivity index (χ1v) is 48.8. The number of hydrogen-bond donors (Lipinski definition) is 0. The summed E-state index contributed by atoms with van der Waals surface area (Å²) in [5.74, 6) is 0. The van der Waals surface area contributed by atoms with E-state index in [9.17, 15) is 0 Å². The lowest BCUT2D eigenvalue weighted by Gasteiger charge is -2.47. The summed E-state index contributed by atoms with van der Waals surface area (Å²) in [6.07, 6.45) is 0. The van der Waals surface area contributed by atoms with Crippen molar-refractivity contribution in [3.05, 3.63) is 381 Å². The third-order valence-electron chi connectivity index (χ3n) is 31.7. The molecule has 0 saturated heterocycles. The maximum absolute atomic E-state index is 6.87. The molecule has 0 saturated carbocycles. The van der Waals surface area contributed by atoms with Gasteiger partial charge < -0.3 is 36.6 Å². The second-order valence-electron chi connectivity index (χ2n) is 42.5. The Balaban J connectivity index is 0.776. The Morgan fingerprint density at radius 1 is 0.209 bits per heavy atom. The predicted octanol–water partition coefficient (Wildman–Crippen LogP) is 34.8. The van der Waals surface area contributed by atoms with E-state index >= 15 is 0 Å². The summed E-state index contributed by atoms with van der Waals surface area (Å²) >= 11 is 0. The van der Waals surface area contributed by atoms with E-state index in [2.05, 4.69) is 445 Å². The minimum atomic E-state index is -0.482. The number of fused-ring (bicyclic) bond motifs is 18. The van der Waals surface area contributed by atoms with Crippen LogP contribution in [0, 0.1) is 0 Å². The van der Waals surface area contributed by atoms with E-state index in [-0.39, 0.29) is 10.8 Å². The summed E-state index contributed by atoms with van der Waals surface area (Å²) in [5, 5.41) is 28.8. The minimum Gasteiger partial charge on any atom is -0.456 e. The molecule has 0 atom stereocenters. The zero-order chi connectivity index (χ0) is 92.1. The zero-order valence-electron chi connectivity index (χ0n) is 78.1. The van der Waals surface area contributed by atoms with Gasteiger partial charge in [-0.1, -0.05) is 269 Å². The first-order chi connectivity index (χ1) is 67.8. The molecule has 0 radical (unpaired) electrons. The number of rotatable bonds is 8. The Kier molecular flexibility index (Phi) is 15.1. The van der Waals surface area contributed by atoms with Crippen LogP contribution in [-0.4, -0.2) is 15.8 Å². The summed E-state index contributed by atoms with van der Waals surface area (Å²) in [7, 11) is 0. The fraction of sp³-hybridized carbons (Fsp3) is 0.0923. The standard InChI is InChI=1S/C130H87BN4O4/c1-128(2,3)78-62-91(74-42-54-113-95(58-74)83-26-10-14-34-109(83)136-113)126(92(63-78)75-43-55-114-96(59-75)84-27-11-15-35-110(84)137-114)134-105-68-81(132-101-50-38-70-22-18-30-87-88-31-19-23-71-39-51-102(132)122(118(71)88)121(101)117(70)87)46-48-99(105)131-100-49-47-82(133-103-52-40-72-24-20-32-89-90-33-21-25-73-41-53-104(133)124(120(73)90)123(103)119(72)89)69-106(100)135(108-67-80(130(7,8)9)66-107(134)125(108)131)127-93(76-44-56-115-97(60-76)85-28-12-16-36-111(85)138-115)64-79(129(4,5)6)65-94(127)77-45-57-116-98(61-77)86-29-13-17-37-112(86)139-116/h10-69H,1-9H3. The third kappa shape index (κ3) is 10.6. The van der Waals surface area contributed by atoms with Gasteiger partial charge in [0.05, 0.1) is 33.4 Å². The molecule has 6 aromatic heterocycles. The summed E-state index contributed by atoms with van der Waals surface area (Å²) in [4.78, 5) is 5.55. The molecule has 2 aliphatic rings. The molecular formula is C130H87BN4O4. The van der Waals surface area contributed by atoms with Crippen LogP contribution in [0.15, 0.2) is 382 Å². The Labute approximate surface area is 799 Å². The van der Waals surface area contributed by atoms with Gasteiger partial charge >= 0.3 is 0 Å². The highest BCUT2D eigenvalue weighted by Crippen LogP contribution is 2.59. The van der Waals surface area contributed by atoms with Gasteiger partial charge in [0.1, 0.15) is 44.7 Å². The number of nitrogens with zero attached hydrogens (tertiary/aromatic N) is 4. The highest BCUT2D eigenvalue weighted by Gasteiger charge is 2.48. The topological polar surface area (TPSA) is 68.9 Å². The van der Waals surface area contributed by atoms with Crippen molar-refractivity contribution in [1.82, 2.24) is 9.13 Å². The molecule has 8 heterocycles. The number of furan rings is 4. The van der Waals surface area contributed by atoms with E-state index in [4.69, 9.17) is 17.7 Å². The SMILES string of the molecule is CC(C)(C)c1cc(-c2ccc3oc4ccccc4c3c2)c(N2c3cc(-n4c5ccc6cccc7c8cccc9ccc4c(c98)c5c67)ccc3B3c4ccc(-n5c6ccc7cccc8c9cccc%10ccc5c(c%109)c6c78)cc4N(c4c(-c5ccc6oc7ccccc7c6c5)cc(C(C)(C)C)cc4-c4ccc5oc6ccccc6c5c4)c4cc(C(C)(C)C)cc2c43)c(-c2ccc3oc4ccccc4c3c2)c1. The molecule has 0 bridgehead atoms. The summed E-state index contributed by atoms with van der Waals surface area (Å²) in [6.45, 7) is 21.1. The Hall–Kier alpha value is -16.9. The first-order valence-electron chi connectivity index (χ1n) is 48.8. The van der Waals surface area contributed by atoms with Gasteiger partial charge in [-0.05, 0) is 294 Å². The lowest BCUT2D eigenvalue weighted by atomic mass is 9.33. The fourth-order valence-corrected chi connectivity index (χ4v) is 25.2. The maximum atomic E-state index is 6.87. The van der Waals surface area contributed by atoms with Gasteiger partial charge in [-0.15, -0.1) is 0 Å². The van der Waals surface area contributed by atoms with Gasteiger partial charge in [0.2, 0.25) is 0 Å². The first kappa shape index (κ1) is 77.4. The molecular weight excluding hydrogens is 1690 g/mol. The van der Waals surface area contributed by atoms with E-state index in [0.717, 1.165) is 178 Å². The molecule has 31 rings (SSSR count). The lowest BCUT2D eigenvalue weighted by molar-refractivity contribution is 0.590. The van der Waals surface area contributed by atoms with Gasteiger partial charge in [0.25, 0.3) is 6.71 Å². The average Bonchev–Trinajstić information content (AvgIpc) is 1.67. The molecule has 654 valence electrons. The number of para-hydroxylation sites is 4. The summed E-state index contributed by atoms with van der Waals surface area (Å²) < 4.78 is 32.7. The van der Waals surface area contributed by atoms with Crippen molar-refractivity contribution in [3.8, 4) is 55.9 Å². The molecule has 0 unspecified atom stereocenters. The van der Waals surface area contributed by atoms with Crippen LogP contribution in [0.25, 0.3) is 252 Å². The predicted molar refractivity (Wildman–Crippen MR) is 586 cm³/mol. The third-order valence-corrected chi connectivity index (χ3v) is 31.7.